The maximum absolute atomic E-state index is 12.9. The van der Waals surface area contributed by atoms with Gasteiger partial charge in [-0.15, -0.1) is 11.3 Å². The average Bonchev–Trinajstić information content (AvgIpc) is 3.03. The Morgan fingerprint density at radius 1 is 1.18 bits per heavy atom. The third kappa shape index (κ3) is 3.40. The van der Waals surface area contributed by atoms with E-state index >= 15 is 0 Å². The van der Waals surface area contributed by atoms with Crippen LogP contribution in [0.5, 0.6) is 0 Å². The smallest absolute Gasteiger partial charge is 0.191 e. The van der Waals surface area contributed by atoms with Gasteiger partial charge >= 0.3 is 0 Å². The van der Waals surface area contributed by atoms with Crippen molar-refractivity contribution in [2.75, 3.05) is 17.3 Å². The third-order valence-corrected chi connectivity index (χ3v) is 4.10. The van der Waals surface area contributed by atoms with Gasteiger partial charge in [0.15, 0.2) is 5.13 Å². The number of benzene rings is 1. The fourth-order valence-corrected chi connectivity index (χ4v) is 2.74. The highest BCUT2D eigenvalue weighted by molar-refractivity contribution is 7.13. The Kier molecular flexibility index (Phi) is 4.29. The molecule has 0 saturated heterocycles. The topological polar surface area (TPSA) is 41.1 Å². The van der Waals surface area contributed by atoms with Gasteiger partial charge in [0.1, 0.15) is 11.6 Å². The molecule has 22 heavy (non-hydrogen) atoms. The molecule has 1 N–H and O–H groups in total. The SMILES string of the molecule is CN(c1ccccn1)c1nc(CNc2ccc(F)cc2)cs1. The number of hydrogen-bond acceptors (Lipinski definition) is 5. The van der Waals surface area contributed by atoms with E-state index in [-0.39, 0.29) is 5.82 Å². The minimum atomic E-state index is -0.238. The van der Waals surface area contributed by atoms with Crippen molar-refractivity contribution in [3.05, 3.63) is 65.6 Å². The molecule has 0 atom stereocenters. The zero-order chi connectivity index (χ0) is 15.4. The maximum Gasteiger partial charge on any atom is 0.191 e. The average molecular weight is 314 g/mol. The Morgan fingerprint density at radius 3 is 2.73 bits per heavy atom. The number of aromatic nitrogens is 2. The zero-order valence-electron chi connectivity index (χ0n) is 12.0. The molecule has 3 aromatic rings. The van der Waals surface area contributed by atoms with E-state index in [1.807, 2.05) is 35.5 Å². The van der Waals surface area contributed by atoms with Crippen molar-refractivity contribution in [1.29, 1.82) is 0 Å². The van der Waals surface area contributed by atoms with Gasteiger partial charge < -0.3 is 10.2 Å². The minimum Gasteiger partial charge on any atom is -0.379 e. The van der Waals surface area contributed by atoms with Crippen LogP contribution in [0.1, 0.15) is 5.69 Å². The Labute approximate surface area is 132 Å². The molecule has 6 heteroatoms. The summed E-state index contributed by atoms with van der Waals surface area (Å²) < 4.78 is 12.9. The largest absolute Gasteiger partial charge is 0.379 e. The quantitative estimate of drug-likeness (QED) is 0.771. The highest BCUT2D eigenvalue weighted by Gasteiger charge is 2.09. The van der Waals surface area contributed by atoms with Gasteiger partial charge in [-0.1, -0.05) is 6.07 Å². The molecule has 0 fully saturated rings. The van der Waals surface area contributed by atoms with Crippen LogP contribution in [0, 0.1) is 5.82 Å². The summed E-state index contributed by atoms with van der Waals surface area (Å²) in [6.07, 6.45) is 1.76. The zero-order valence-corrected chi connectivity index (χ0v) is 12.8. The van der Waals surface area contributed by atoms with Gasteiger partial charge in [-0.25, -0.2) is 14.4 Å². The van der Waals surface area contributed by atoms with Crippen molar-refractivity contribution in [2.24, 2.45) is 0 Å². The van der Waals surface area contributed by atoms with Crippen LogP contribution in [0.25, 0.3) is 0 Å². The molecule has 0 aliphatic carbocycles. The summed E-state index contributed by atoms with van der Waals surface area (Å²) in [6, 6.07) is 12.1. The van der Waals surface area contributed by atoms with Crippen LogP contribution in [0.4, 0.5) is 21.0 Å². The highest BCUT2D eigenvalue weighted by atomic mass is 32.1. The van der Waals surface area contributed by atoms with E-state index < -0.39 is 0 Å². The van der Waals surface area contributed by atoms with Crippen LogP contribution in [0.15, 0.2) is 54.0 Å². The molecule has 3 rings (SSSR count). The van der Waals surface area contributed by atoms with Crippen LogP contribution >= 0.6 is 11.3 Å². The van der Waals surface area contributed by atoms with Gasteiger partial charge in [0.25, 0.3) is 0 Å². The second kappa shape index (κ2) is 6.53. The summed E-state index contributed by atoms with van der Waals surface area (Å²) in [5.41, 5.74) is 1.81. The summed E-state index contributed by atoms with van der Waals surface area (Å²) in [5, 5.41) is 6.11. The second-order valence-electron chi connectivity index (χ2n) is 4.73. The summed E-state index contributed by atoms with van der Waals surface area (Å²) in [7, 11) is 1.94. The summed E-state index contributed by atoms with van der Waals surface area (Å²) >= 11 is 1.56. The summed E-state index contributed by atoms with van der Waals surface area (Å²) in [4.78, 5) is 10.8. The molecule has 0 aliphatic rings. The number of anilines is 3. The van der Waals surface area contributed by atoms with E-state index in [2.05, 4.69) is 15.3 Å². The van der Waals surface area contributed by atoms with Crippen molar-refractivity contribution in [2.45, 2.75) is 6.54 Å². The Balaban J connectivity index is 1.65. The fraction of sp³-hybridized carbons (Fsp3) is 0.125. The number of hydrogen-bond donors (Lipinski definition) is 1. The van der Waals surface area contributed by atoms with Crippen LogP contribution in [0.2, 0.25) is 0 Å². The van der Waals surface area contributed by atoms with E-state index in [1.54, 1.807) is 29.7 Å². The number of halogens is 1. The van der Waals surface area contributed by atoms with Crippen molar-refractivity contribution in [1.82, 2.24) is 9.97 Å². The van der Waals surface area contributed by atoms with E-state index in [9.17, 15) is 4.39 Å². The molecule has 2 aromatic heterocycles. The first-order valence-corrected chi connectivity index (χ1v) is 7.69. The molecule has 2 heterocycles. The molecule has 0 radical (unpaired) electrons. The number of pyridine rings is 1. The Hall–Kier alpha value is -2.47. The molecular formula is C16H15FN4S. The summed E-state index contributed by atoms with van der Waals surface area (Å²) in [5.74, 6) is 0.619. The minimum absolute atomic E-state index is 0.238. The Morgan fingerprint density at radius 2 is 2.00 bits per heavy atom. The van der Waals surface area contributed by atoms with E-state index in [4.69, 9.17) is 0 Å². The first-order chi connectivity index (χ1) is 10.7. The molecule has 4 nitrogen and oxygen atoms in total. The number of nitrogens with zero attached hydrogens (tertiary/aromatic N) is 3. The van der Waals surface area contributed by atoms with Crippen molar-refractivity contribution < 1.29 is 4.39 Å². The monoisotopic (exact) mass is 314 g/mol. The molecule has 0 aliphatic heterocycles. The predicted octanol–water partition coefficient (Wildman–Crippen LogP) is 4.06. The molecule has 1 aromatic carbocycles. The van der Waals surface area contributed by atoms with Gasteiger partial charge in [-0.05, 0) is 36.4 Å². The highest BCUT2D eigenvalue weighted by Crippen LogP contribution is 2.25. The van der Waals surface area contributed by atoms with Crippen molar-refractivity contribution in [3.8, 4) is 0 Å². The van der Waals surface area contributed by atoms with Crippen LogP contribution in [0.3, 0.4) is 0 Å². The fourth-order valence-electron chi connectivity index (χ4n) is 1.94. The van der Waals surface area contributed by atoms with Gasteiger partial charge in [-0.2, -0.15) is 0 Å². The third-order valence-electron chi connectivity index (χ3n) is 3.14. The standard InChI is InChI=1S/C16H15FN4S/c1-21(15-4-2-3-9-18-15)16-20-14(11-22-16)10-19-13-7-5-12(17)6-8-13/h2-9,11,19H,10H2,1H3. The van der Waals surface area contributed by atoms with Gasteiger partial charge in [0.05, 0.1) is 12.2 Å². The van der Waals surface area contributed by atoms with Crippen molar-refractivity contribution in [3.63, 3.8) is 0 Å². The van der Waals surface area contributed by atoms with E-state index in [1.165, 1.54) is 12.1 Å². The molecule has 0 bridgehead atoms. The van der Waals surface area contributed by atoms with Gasteiger partial charge in [0, 0.05) is 24.3 Å². The lowest BCUT2D eigenvalue weighted by atomic mass is 10.3. The number of nitrogens with one attached hydrogen (secondary N) is 1. The molecule has 0 unspecified atom stereocenters. The van der Waals surface area contributed by atoms with Crippen LogP contribution in [-0.2, 0) is 6.54 Å². The lowest BCUT2D eigenvalue weighted by molar-refractivity contribution is 0.628. The predicted molar refractivity (Wildman–Crippen MR) is 88.1 cm³/mol. The normalized spacial score (nSPS) is 10.5. The molecule has 112 valence electrons. The lowest BCUT2D eigenvalue weighted by Gasteiger charge is -2.13. The number of rotatable bonds is 5. The van der Waals surface area contributed by atoms with Crippen LogP contribution in [-0.4, -0.2) is 17.0 Å². The van der Waals surface area contributed by atoms with E-state index in [0.29, 0.717) is 6.54 Å². The maximum atomic E-state index is 12.9. The first kappa shape index (κ1) is 14.5. The first-order valence-electron chi connectivity index (χ1n) is 6.81. The van der Waals surface area contributed by atoms with Crippen molar-refractivity contribution >= 4 is 28.0 Å². The van der Waals surface area contributed by atoms with Gasteiger partial charge in [0.2, 0.25) is 0 Å². The summed E-state index contributed by atoms with van der Waals surface area (Å²) in [6.45, 7) is 0.595. The second-order valence-corrected chi connectivity index (χ2v) is 5.57. The van der Waals surface area contributed by atoms with E-state index in [0.717, 1.165) is 22.3 Å². The molecular weight excluding hydrogens is 299 g/mol. The molecule has 0 saturated carbocycles. The number of thiazole rings is 1. The van der Waals surface area contributed by atoms with Gasteiger partial charge in [-0.3, -0.25) is 0 Å². The lowest BCUT2D eigenvalue weighted by Crippen LogP contribution is -2.10. The van der Waals surface area contributed by atoms with Crippen LogP contribution < -0.4 is 10.2 Å². The molecule has 0 spiro atoms. The molecule has 0 amide bonds. The Bertz CT molecular complexity index is 727.